The van der Waals surface area contributed by atoms with Gasteiger partial charge in [-0.1, -0.05) is 13.8 Å². The first-order chi connectivity index (χ1) is 10.9. The molecule has 0 saturated heterocycles. The molecule has 23 heavy (non-hydrogen) atoms. The number of aliphatic hydroxyl groups excluding tert-OH is 1. The highest BCUT2D eigenvalue weighted by Crippen LogP contribution is 2.66. The number of rotatable bonds is 1. The normalized spacial score (nSPS) is 56.1. The molecule has 0 unspecified atom stereocenters. The summed E-state index contributed by atoms with van der Waals surface area (Å²) in [6, 6.07) is 0.798. The first-order valence-electron chi connectivity index (χ1n) is 10.2. The predicted molar refractivity (Wildman–Crippen MR) is 95.2 cm³/mol. The highest BCUT2D eigenvalue weighted by molar-refractivity contribution is 5.10. The number of hydrogen-bond acceptors (Lipinski definition) is 2. The van der Waals surface area contributed by atoms with Crippen LogP contribution < -0.4 is 0 Å². The van der Waals surface area contributed by atoms with Crippen molar-refractivity contribution in [1.29, 1.82) is 0 Å². The van der Waals surface area contributed by atoms with Crippen molar-refractivity contribution >= 4 is 0 Å². The lowest BCUT2D eigenvalue weighted by molar-refractivity contribution is -0.127. The largest absolute Gasteiger partial charge is 0.393 e. The summed E-state index contributed by atoms with van der Waals surface area (Å²) in [5.74, 6) is 3.66. The standard InChI is InChI=1S/C21H37NO/c1-20-11-9-15(23)13-14(20)5-6-16-17-7-8-19(22(3)4)21(17,2)12-10-18(16)20/h14-19,23H,5-13H2,1-4H3/t14-,15-,16-,17-,18+,19-,20-,21+/m1/s1. The van der Waals surface area contributed by atoms with E-state index in [9.17, 15) is 5.11 Å². The summed E-state index contributed by atoms with van der Waals surface area (Å²) >= 11 is 0. The second kappa shape index (κ2) is 5.46. The third-order valence-electron chi connectivity index (χ3n) is 9.21. The molecule has 0 bridgehead atoms. The van der Waals surface area contributed by atoms with Crippen LogP contribution in [0.2, 0.25) is 0 Å². The van der Waals surface area contributed by atoms with Crippen LogP contribution in [0.4, 0.5) is 0 Å². The molecule has 4 fully saturated rings. The molecule has 4 aliphatic rings. The smallest absolute Gasteiger partial charge is 0.0543 e. The molecule has 2 nitrogen and oxygen atoms in total. The molecule has 0 aromatic heterocycles. The summed E-state index contributed by atoms with van der Waals surface area (Å²) in [6.45, 7) is 5.21. The Balaban J connectivity index is 1.60. The van der Waals surface area contributed by atoms with Gasteiger partial charge in [-0.3, -0.25) is 0 Å². The maximum Gasteiger partial charge on any atom is 0.0543 e. The van der Waals surface area contributed by atoms with Crippen LogP contribution in [0, 0.1) is 34.5 Å². The van der Waals surface area contributed by atoms with Gasteiger partial charge >= 0.3 is 0 Å². The van der Waals surface area contributed by atoms with Gasteiger partial charge in [0.15, 0.2) is 0 Å². The Bertz CT molecular complexity index is 463. The predicted octanol–water partition coefficient (Wildman–Crippen LogP) is 4.32. The van der Waals surface area contributed by atoms with Gasteiger partial charge < -0.3 is 10.0 Å². The maximum atomic E-state index is 10.1. The quantitative estimate of drug-likeness (QED) is 0.778. The number of hydrogen-bond donors (Lipinski definition) is 1. The van der Waals surface area contributed by atoms with Gasteiger partial charge in [-0.15, -0.1) is 0 Å². The van der Waals surface area contributed by atoms with Crippen LogP contribution >= 0.6 is 0 Å². The maximum absolute atomic E-state index is 10.1. The van der Waals surface area contributed by atoms with Crippen LogP contribution in [-0.2, 0) is 0 Å². The van der Waals surface area contributed by atoms with Crippen LogP contribution in [0.15, 0.2) is 0 Å². The van der Waals surface area contributed by atoms with E-state index in [0.717, 1.165) is 42.6 Å². The van der Waals surface area contributed by atoms with Gasteiger partial charge in [0.25, 0.3) is 0 Å². The van der Waals surface area contributed by atoms with Crippen LogP contribution in [0.25, 0.3) is 0 Å². The Morgan fingerprint density at radius 2 is 1.52 bits per heavy atom. The molecule has 0 radical (unpaired) electrons. The fourth-order valence-corrected chi connectivity index (χ4v) is 8.06. The third kappa shape index (κ3) is 2.27. The van der Waals surface area contributed by atoms with Gasteiger partial charge in [-0.05, 0) is 106 Å². The van der Waals surface area contributed by atoms with E-state index in [1.807, 2.05) is 0 Å². The van der Waals surface area contributed by atoms with E-state index in [1.165, 1.54) is 44.9 Å². The minimum atomic E-state index is -0.0110. The second-order valence-corrected chi connectivity index (χ2v) is 10.2. The van der Waals surface area contributed by atoms with Gasteiger partial charge in [0.05, 0.1) is 6.10 Å². The number of fused-ring (bicyclic) bond motifs is 5. The summed E-state index contributed by atoms with van der Waals surface area (Å²) < 4.78 is 0. The van der Waals surface area contributed by atoms with E-state index >= 15 is 0 Å². The van der Waals surface area contributed by atoms with E-state index in [1.54, 1.807) is 0 Å². The molecule has 0 spiro atoms. The molecule has 0 aromatic rings. The molecule has 0 amide bonds. The zero-order valence-corrected chi connectivity index (χ0v) is 15.7. The second-order valence-electron chi connectivity index (χ2n) is 10.2. The van der Waals surface area contributed by atoms with Crippen molar-refractivity contribution in [1.82, 2.24) is 4.90 Å². The van der Waals surface area contributed by atoms with E-state index in [2.05, 4.69) is 32.8 Å². The molecule has 1 N–H and O–H groups in total. The molecule has 4 rings (SSSR count). The Morgan fingerprint density at radius 3 is 2.26 bits per heavy atom. The van der Waals surface area contributed by atoms with Gasteiger partial charge in [-0.2, -0.15) is 0 Å². The van der Waals surface area contributed by atoms with Gasteiger partial charge in [0, 0.05) is 6.04 Å². The summed E-state index contributed by atoms with van der Waals surface area (Å²) in [4.78, 5) is 2.52. The van der Waals surface area contributed by atoms with E-state index in [4.69, 9.17) is 0 Å². The first kappa shape index (κ1) is 16.4. The van der Waals surface area contributed by atoms with E-state index in [-0.39, 0.29) is 6.10 Å². The summed E-state index contributed by atoms with van der Waals surface area (Å²) in [5, 5.41) is 10.1. The van der Waals surface area contributed by atoms with Crippen LogP contribution in [0.5, 0.6) is 0 Å². The highest BCUT2D eigenvalue weighted by Gasteiger charge is 2.60. The van der Waals surface area contributed by atoms with Crippen molar-refractivity contribution < 1.29 is 5.11 Å². The molecule has 0 heterocycles. The lowest BCUT2D eigenvalue weighted by Crippen LogP contribution is -2.55. The number of aliphatic hydroxyl groups is 1. The number of nitrogens with zero attached hydrogens (tertiary/aromatic N) is 1. The zero-order valence-electron chi connectivity index (χ0n) is 15.7. The average Bonchev–Trinajstić information content (AvgIpc) is 2.85. The Hall–Kier alpha value is -0.0800. The molecule has 4 saturated carbocycles. The average molecular weight is 320 g/mol. The van der Waals surface area contributed by atoms with Gasteiger partial charge in [0.1, 0.15) is 0 Å². The molecule has 0 aromatic carbocycles. The fraction of sp³-hybridized carbons (Fsp3) is 1.00. The van der Waals surface area contributed by atoms with E-state index in [0.29, 0.717) is 10.8 Å². The summed E-state index contributed by atoms with van der Waals surface area (Å²) in [7, 11) is 4.59. The lowest BCUT2D eigenvalue weighted by atomic mass is 9.45. The molecular weight excluding hydrogens is 282 g/mol. The topological polar surface area (TPSA) is 23.5 Å². The van der Waals surface area contributed by atoms with Crippen molar-refractivity contribution in [2.45, 2.75) is 83.8 Å². The molecule has 0 aliphatic heterocycles. The van der Waals surface area contributed by atoms with E-state index < -0.39 is 0 Å². The van der Waals surface area contributed by atoms with Crippen molar-refractivity contribution in [2.24, 2.45) is 34.5 Å². The van der Waals surface area contributed by atoms with Crippen LogP contribution in [0.3, 0.4) is 0 Å². The summed E-state index contributed by atoms with van der Waals surface area (Å²) in [6.07, 6.45) is 12.0. The van der Waals surface area contributed by atoms with Crippen molar-refractivity contribution in [3.8, 4) is 0 Å². The van der Waals surface area contributed by atoms with Gasteiger partial charge in [-0.25, -0.2) is 0 Å². The first-order valence-corrected chi connectivity index (χ1v) is 10.2. The van der Waals surface area contributed by atoms with Gasteiger partial charge in [0.2, 0.25) is 0 Å². The monoisotopic (exact) mass is 319 g/mol. The zero-order chi connectivity index (χ0) is 16.4. The minimum absolute atomic E-state index is 0.0110. The van der Waals surface area contributed by atoms with Crippen molar-refractivity contribution in [3.05, 3.63) is 0 Å². The van der Waals surface area contributed by atoms with Crippen molar-refractivity contribution in [2.75, 3.05) is 14.1 Å². The minimum Gasteiger partial charge on any atom is -0.393 e. The molecular formula is C21H37NO. The summed E-state index contributed by atoms with van der Waals surface area (Å²) in [5.41, 5.74) is 1.09. The Kier molecular flexibility index (Phi) is 3.89. The lowest BCUT2D eigenvalue weighted by Gasteiger charge is -2.61. The fourth-order valence-electron chi connectivity index (χ4n) is 8.06. The van der Waals surface area contributed by atoms with Crippen LogP contribution in [0.1, 0.15) is 71.6 Å². The highest BCUT2D eigenvalue weighted by atomic mass is 16.3. The molecule has 132 valence electrons. The molecule has 2 heteroatoms. The third-order valence-corrected chi connectivity index (χ3v) is 9.21. The molecule has 4 aliphatic carbocycles. The van der Waals surface area contributed by atoms with Crippen molar-refractivity contribution in [3.63, 3.8) is 0 Å². The van der Waals surface area contributed by atoms with Crippen LogP contribution in [-0.4, -0.2) is 36.2 Å². The molecule has 8 atom stereocenters. The SMILES string of the molecule is CN(C)[C@@H]1CC[C@@H]2[C@H]3CC[C@@H]4C[C@H](O)CC[C@@]4(C)[C@H]3CC[C@@]21C. The Labute approximate surface area is 143 Å². The Morgan fingerprint density at radius 1 is 0.826 bits per heavy atom.